The van der Waals surface area contributed by atoms with E-state index in [0.29, 0.717) is 35.5 Å². The molecule has 41 heavy (non-hydrogen) atoms. The Kier molecular flexibility index (Phi) is 6.65. The highest BCUT2D eigenvalue weighted by Crippen LogP contribution is 2.44. The fourth-order valence-corrected chi connectivity index (χ4v) is 6.14. The molecule has 1 N–H and O–H groups in total. The molecule has 1 aliphatic heterocycles. The van der Waals surface area contributed by atoms with Gasteiger partial charge in [0.1, 0.15) is 28.9 Å². The number of aromatic nitrogens is 7. The van der Waals surface area contributed by atoms with Crippen LogP contribution in [0.25, 0.3) is 33.3 Å². The number of hydrogen-bond donors (Lipinski definition) is 1. The van der Waals surface area contributed by atoms with E-state index in [-0.39, 0.29) is 23.2 Å². The van der Waals surface area contributed by atoms with Gasteiger partial charge in [0.15, 0.2) is 0 Å². The van der Waals surface area contributed by atoms with Crippen molar-refractivity contribution in [3.05, 3.63) is 59.5 Å². The molecular weight excluding hydrogens is 535 g/mol. The molecule has 1 fully saturated rings. The molecule has 4 aromatic heterocycles. The summed E-state index contributed by atoms with van der Waals surface area (Å²) < 4.78 is 51.9. The SMILES string of the molecule is Cc1nnn(C)c1-c1cnc2c3c(c(C(C)(C)O)nn3CC(F)(F)F)n(C(c3ccccc3)C3CCOCC3)c2c1. The Hall–Kier alpha value is -3.77. The smallest absolute Gasteiger partial charge is 0.384 e. The Bertz CT molecular complexity index is 1690. The molecule has 0 radical (unpaired) electrons. The first-order chi connectivity index (χ1) is 19.4. The Morgan fingerprint density at radius 2 is 1.80 bits per heavy atom. The first-order valence-electron chi connectivity index (χ1n) is 13.6. The summed E-state index contributed by atoms with van der Waals surface area (Å²) in [6.45, 7) is 4.82. The Morgan fingerprint density at radius 3 is 2.41 bits per heavy atom. The van der Waals surface area contributed by atoms with Crippen molar-refractivity contribution in [1.82, 2.24) is 34.3 Å². The van der Waals surface area contributed by atoms with Crippen LogP contribution < -0.4 is 0 Å². The van der Waals surface area contributed by atoms with Gasteiger partial charge in [-0.3, -0.25) is 9.67 Å². The van der Waals surface area contributed by atoms with Crippen molar-refractivity contribution >= 4 is 22.1 Å². The number of hydrogen-bond acceptors (Lipinski definition) is 6. The molecule has 5 heterocycles. The number of alkyl halides is 3. The highest BCUT2D eigenvalue weighted by Gasteiger charge is 2.38. The summed E-state index contributed by atoms with van der Waals surface area (Å²) in [6, 6.07) is 11.6. The van der Waals surface area contributed by atoms with Gasteiger partial charge in [0, 0.05) is 32.0 Å². The van der Waals surface area contributed by atoms with Gasteiger partial charge in [0.2, 0.25) is 0 Å². The zero-order valence-electron chi connectivity index (χ0n) is 23.4. The quantitative estimate of drug-likeness (QED) is 0.299. The number of rotatable bonds is 6. The molecular formula is C29H32F3N7O2. The Morgan fingerprint density at radius 1 is 1.10 bits per heavy atom. The summed E-state index contributed by atoms with van der Waals surface area (Å²) in [5.74, 6) is 0.120. The summed E-state index contributed by atoms with van der Waals surface area (Å²) in [5, 5.41) is 23.9. The minimum Gasteiger partial charge on any atom is -0.384 e. The van der Waals surface area contributed by atoms with E-state index in [4.69, 9.17) is 9.72 Å². The van der Waals surface area contributed by atoms with Gasteiger partial charge < -0.3 is 14.4 Å². The maximum atomic E-state index is 13.9. The van der Waals surface area contributed by atoms with Crippen LogP contribution in [-0.4, -0.2) is 58.8 Å². The zero-order chi connectivity index (χ0) is 29.1. The lowest BCUT2D eigenvalue weighted by molar-refractivity contribution is -0.142. The number of aryl methyl sites for hydroxylation is 2. The fraction of sp³-hybridized carbons (Fsp3) is 0.448. The van der Waals surface area contributed by atoms with Crippen LogP contribution in [0.2, 0.25) is 0 Å². The lowest BCUT2D eigenvalue weighted by atomic mass is 9.86. The van der Waals surface area contributed by atoms with E-state index in [1.807, 2.05) is 43.3 Å². The van der Waals surface area contributed by atoms with Crippen molar-refractivity contribution in [2.75, 3.05) is 13.2 Å². The Labute approximate surface area is 234 Å². The monoisotopic (exact) mass is 567 g/mol. The van der Waals surface area contributed by atoms with Gasteiger partial charge in [0.25, 0.3) is 0 Å². The van der Waals surface area contributed by atoms with E-state index in [0.717, 1.165) is 34.3 Å². The number of benzene rings is 1. The average Bonchev–Trinajstić information content (AvgIpc) is 3.56. The molecule has 1 atom stereocenters. The van der Waals surface area contributed by atoms with E-state index in [1.54, 1.807) is 31.8 Å². The first kappa shape index (κ1) is 27.4. The number of ether oxygens (including phenoxy) is 1. The largest absolute Gasteiger partial charge is 0.408 e. The summed E-state index contributed by atoms with van der Waals surface area (Å²) in [5.41, 5.74) is 3.59. The van der Waals surface area contributed by atoms with Crippen molar-refractivity contribution in [2.24, 2.45) is 13.0 Å². The van der Waals surface area contributed by atoms with Crippen molar-refractivity contribution in [3.8, 4) is 11.3 Å². The predicted octanol–water partition coefficient (Wildman–Crippen LogP) is 5.30. The molecule has 216 valence electrons. The molecule has 0 aliphatic carbocycles. The minimum absolute atomic E-state index is 0.120. The highest BCUT2D eigenvalue weighted by atomic mass is 19.4. The molecule has 5 aromatic rings. The van der Waals surface area contributed by atoms with Crippen molar-refractivity contribution in [2.45, 2.75) is 58.0 Å². The molecule has 12 heteroatoms. The topological polar surface area (TPSA) is 95.8 Å². The second-order valence-electron chi connectivity index (χ2n) is 11.3. The van der Waals surface area contributed by atoms with E-state index in [1.165, 1.54) is 0 Å². The maximum absolute atomic E-state index is 13.9. The molecule has 1 unspecified atom stereocenters. The number of pyridine rings is 1. The third kappa shape index (κ3) is 4.88. The van der Waals surface area contributed by atoms with E-state index < -0.39 is 18.3 Å². The summed E-state index contributed by atoms with van der Waals surface area (Å²) >= 11 is 0. The van der Waals surface area contributed by atoms with Crippen LogP contribution in [0.3, 0.4) is 0 Å². The van der Waals surface area contributed by atoms with Gasteiger partial charge in [-0.15, -0.1) is 5.10 Å². The van der Waals surface area contributed by atoms with Gasteiger partial charge >= 0.3 is 6.18 Å². The lowest BCUT2D eigenvalue weighted by Crippen LogP contribution is -2.28. The number of halogens is 3. The van der Waals surface area contributed by atoms with Crippen molar-refractivity contribution in [1.29, 1.82) is 0 Å². The first-order valence-corrected chi connectivity index (χ1v) is 13.6. The molecule has 1 aliphatic rings. The molecule has 0 saturated carbocycles. The van der Waals surface area contributed by atoms with Crippen molar-refractivity contribution in [3.63, 3.8) is 0 Å². The normalized spacial score (nSPS) is 16.2. The number of nitrogens with zero attached hydrogens (tertiary/aromatic N) is 7. The third-order valence-corrected chi connectivity index (χ3v) is 7.83. The average molecular weight is 568 g/mol. The van der Waals surface area contributed by atoms with Gasteiger partial charge in [-0.2, -0.15) is 18.3 Å². The van der Waals surface area contributed by atoms with Crippen molar-refractivity contribution < 1.29 is 23.0 Å². The van der Waals surface area contributed by atoms with Gasteiger partial charge in [0.05, 0.1) is 28.5 Å². The van der Waals surface area contributed by atoms with Crippen LogP contribution >= 0.6 is 0 Å². The van der Waals surface area contributed by atoms with Crippen LogP contribution in [-0.2, 0) is 23.9 Å². The van der Waals surface area contributed by atoms with Gasteiger partial charge in [-0.1, -0.05) is 35.5 Å². The van der Waals surface area contributed by atoms with E-state index in [2.05, 4.69) is 20.0 Å². The summed E-state index contributed by atoms with van der Waals surface area (Å²) in [4.78, 5) is 4.75. The Balaban J connectivity index is 1.75. The molecule has 6 rings (SSSR count). The summed E-state index contributed by atoms with van der Waals surface area (Å²) in [7, 11) is 1.79. The summed E-state index contributed by atoms with van der Waals surface area (Å²) in [6.07, 6.45) is -1.35. The van der Waals surface area contributed by atoms with E-state index >= 15 is 0 Å². The second-order valence-corrected chi connectivity index (χ2v) is 11.3. The van der Waals surface area contributed by atoms with E-state index in [9.17, 15) is 18.3 Å². The molecule has 1 aromatic carbocycles. The lowest BCUT2D eigenvalue weighted by Gasteiger charge is -2.33. The predicted molar refractivity (Wildman–Crippen MR) is 147 cm³/mol. The number of aliphatic hydroxyl groups is 1. The van der Waals surface area contributed by atoms with Crippen LogP contribution in [0.4, 0.5) is 13.2 Å². The maximum Gasteiger partial charge on any atom is 0.408 e. The third-order valence-electron chi connectivity index (χ3n) is 7.83. The zero-order valence-corrected chi connectivity index (χ0v) is 23.4. The fourth-order valence-electron chi connectivity index (χ4n) is 6.14. The number of fused-ring (bicyclic) bond motifs is 3. The van der Waals surface area contributed by atoms with Crippen LogP contribution in [0.15, 0.2) is 42.6 Å². The van der Waals surface area contributed by atoms with Gasteiger partial charge in [-0.05, 0) is 51.2 Å². The van der Waals surface area contributed by atoms with Crippen LogP contribution in [0.1, 0.15) is 49.7 Å². The molecule has 1 saturated heterocycles. The van der Waals surface area contributed by atoms with Crippen LogP contribution in [0.5, 0.6) is 0 Å². The second kappa shape index (κ2) is 9.95. The molecule has 0 bridgehead atoms. The standard InChI is InChI=1S/C29H32F3N7O2/c1-17-23(37(4)36-34-17)20-14-21-22(33-15-20)25-26(27(28(2,3)40)35-38(25)16-29(30,31)32)39(21)24(18-8-6-5-7-9-18)19-10-12-41-13-11-19/h5-9,14-15,19,24,40H,10-13,16H2,1-4H3. The molecule has 0 spiro atoms. The van der Waals surface area contributed by atoms with Crippen LogP contribution in [0, 0.1) is 12.8 Å². The molecule has 9 nitrogen and oxygen atoms in total. The highest BCUT2D eigenvalue weighted by molar-refractivity contribution is 6.06. The minimum atomic E-state index is -4.53. The van der Waals surface area contributed by atoms with Gasteiger partial charge in [-0.25, -0.2) is 4.68 Å². The molecule has 0 amide bonds.